The molecule has 2 aliphatic heterocycles. The first kappa shape index (κ1) is 31.5. The van der Waals surface area contributed by atoms with E-state index in [-0.39, 0.29) is 76.8 Å². The van der Waals surface area contributed by atoms with Gasteiger partial charge in [-0.2, -0.15) is 0 Å². The summed E-state index contributed by atoms with van der Waals surface area (Å²) in [5, 5.41) is 2.97. The molecule has 8 nitrogen and oxygen atoms in total. The van der Waals surface area contributed by atoms with Crippen LogP contribution in [0.3, 0.4) is 0 Å². The number of carbonyl (C=O) groups excluding carboxylic acids is 2. The third-order valence-electron chi connectivity index (χ3n) is 9.92. The summed E-state index contributed by atoms with van der Waals surface area (Å²) >= 11 is 10.3. The summed E-state index contributed by atoms with van der Waals surface area (Å²) in [5.41, 5.74) is 0. The second-order valence-corrected chi connectivity index (χ2v) is 14.9. The van der Waals surface area contributed by atoms with Gasteiger partial charge >= 0.3 is 6.03 Å². The Labute approximate surface area is 257 Å². The van der Waals surface area contributed by atoms with E-state index in [2.05, 4.69) is 21.2 Å². The fraction of sp³-hybridized carbons (Fsp3) is 0.900. The molecule has 1 saturated heterocycles. The molecule has 3 aliphatic carbocycles. The first-order valence-corrected chi connectivity index (χ1v) is 17.0. The maximum atomic E-state index is 15.8. The molecule has 5 rings (SSSR count). The molecule has 11 heteroatoms. The highest BCUT2D eigenvalue weighted by atomic mass is 79.9. The predicted molar refractivity (Wildman–Crippen MR) is 162 cm³/mol. The number of nitrogens with zero attached hydrogens (tertiary/aromatic N) is 3. The molecule has 0 spiro atoms. The van der Waals surface area contributed by atoms with Gasteiger partial charge in [-0.25, -0.2) is 9.18 Å². The molecule has 3 saturated carbocycles. The highest BCUT2D eigenvalue weighted by Crippen LogP contribution is 2.46. The van der Waals surface area contributed by atoms with Crippen LogP contribution in [0.1, 0.15) is 78.1 Å². The fourth-order valence-corrected chi connectivity index (χ4v) is 8.83. The normalized spacial score (nSPS) is 40.5. The molecule has 3 amide bonds. The van der Waals surface area contributed by atoms with Crippen LogP contribution in [0.2, 0.25) is 0 Å². The van der Waals surface area contributed by atoms with E-state index in [0.29, 0.717) is 25.9 Å². The van der Waals surface area contributed by atoms with Crippen LogP contribution in [0.5, 0.6) is 0 Å². The molecule has 1 N–H and O–H groups in total. The van der Waals surface area contributed by atoms with Crippen molar-refractivity contribution in [3.63, 3.8) is 0 Å². The van der Waals surface area contributed by atoms with Crippen LogP contribution in [-0.4, -0.2) is 101 Å². The molecular formula is C30H47BrClFN4O4. The summed E-state index contributed by atoms with van der Waals surface area (Å²) in [7, 11) is 1.74. The van der Waals surface area contributed by atoms with E-state index in [0.717, 1.165) is 57.2 Å². The lowest BCUT2D eigenvalue weighted by Crippen LogP contribution is -2.60. The number of ether oxygens (including phenoxy) is 2. The molecule has 8 unspecified atom stereocenters. The van der Waals surface area contributed by atoms with Gasteiger partial charge in [0, 0.05) is 48.7 Å². The van der Waals surface area contributed by atoms with Crippen LogP contribution in [0.4, 0.5) is 9.18 Å². The van der Waals surface area contributed by atoms with Crippen molar-refractivity contribution < 1.29 is 23.5 Å². The molecule has 0 radical (unpaired) electrons. The summed E-state index contributed by atoms with van der Waals surface area (Å²) in [6, 6.07) is -0.773. The standard InChI is InChI=1S/C30H47BrClFN4O4/c1-17(2)41-25-15-21(40-3)9-10-22(25)29-35-27(23-14-19(31)6-11-24(23)33)28(18-4-7-20(32)8-5-18)37(29)30(39)36-13-12-34-26(38)16-36/h17-25,27-28H,4-16H2,1-3H3,(H,34,38). The third kappa shape index (κ3) is 7.07. The van der Waals surface area contributed by atoms with Gasteiger partial charge in [-0.1, -0.05) is 15.9 Å². The Morgan fingerprint density at radius 3 is 2.56 bits per heavy atom. The number of urea groups is 1. The van der Waals surface area contributed by atoms with Gasteiger partial charge in [0.2, 0.25) is 5.91 Å². The van der Waals surface area contributed by atoms with Gasteiger partial charge in [0.25, 0.3) is 0 Å². The van der Waals surface area contributed by atoms with Crippen molar-refractivity contribution in [1.29, 1.82) is 0 Å². The molecule has 5 aliphatic rings. The van der Waals surface area contributed by atoms with Gasteiger partial charge in [-0.3, -0.25) is 14.7 Å². The lowest BCUT2D eigenvalue weighted by molar-refractivity contribution is -0.123. The van der Waals surface area contributed by atoms with Crippen molar-refractivity contribution in [1.82, 2.24) is 15.1 Å². The summed E-state index contributed by atoms with van der Waals surface area (Å²) in [6.07, 6.45) is 6.82. The summed E-state index contributed by atoms with van der Waals surface area (Å²) in [6.45, 7) is 4.95. The van der Waals surface area contributed by atoms with Gasteiger partial charge in [0.05, 0.1) is 30.4 Å². The Hall–Kier alpha value is -0.970. The van der Waals surface area contributed by atoms with Crippen LogP contribution in [0.15, 0.2) is 4.99 Å². The summed E-state index contributed by atoms with van der Waals surface area (Å²) in [4.78, 5) is 36.1. The van der Waals surface area contributed by atoms with Crippen LogP contribution < -0.4 is 5.32 Å². The first-order valence-electron chi connectivity index (χ1n) is 15.7. The second-order valence-electron chi connectivity index (χ2n) is 13.0. The Morgan fingerprint density at radius 1 is 1.12 bits per heavy atom. The van der Waals surface area contributed by atoms with Crippen molar-refractivity contribution in [2.24, 2.45) is 22.7 Å². The van der Waals surface area contributed by atoms with Gasteiger partial charge in [0.1, 0.15) is 18.6 Å². The number of alkyl halides is 3. The predicted octanol–water partition coefficient (Wildman–Crippen LogP) is 5.30. The van der Waals surface area contributed by atoms with Gasteiger partial charge in [0.15, 0.2) is 0 Å². The van der Waals surface area contributed by atoms with Crippen molar-refractivity contribution in [2.45, 2.75) is 125 Å². The van der Waals surface area contributed by atoms with E-state index >= 15 is 4.39 Å². The number of halogens is 3. The number of aliphatic imine (C=N–C) groups is 1. The van der Waals surface area contributed by atoms with Crippen molar-refractivity contribution in [2.75, 3.05) is 26.7 Å². The average molecular weight is 662 g/mol. The van der Waals surface area contributed by atoms with E-state index in [9.17, 15) is 9.59 Å². The highest BCUT2D eigenvalue weighted by Gasteiger charge is 2.54. The minimum Gasteiger partial charge on any atom is -0.381 e. The molecule has 8 atom stereocenters. The summed E-state index contributed by atoms with van der Waals surface area (Å²) < 4.78 is 28.0. The van der Waals surface area contributed by atoms with E-state index in [1.165, 1.54) is 0 Å². The molecule has 41 heavy (non-hydrogen) atoms. The van der Waals surface area contributed by atoms with Crippen molar-refractivity contribution >= 4 is 45.3 Å². The number of rotatable bonds is 6. The number of piperazine rings is 1. The van der Waals surface area contributed by atoms with Crippen LogP contribution in [0, 0.1) is 17.8 Å². The molecule has 2 heterocycles. The van der Waals surface area contributed by atoms with Gasteiger partial charge < -0.3 is 19.7 Å². The molecule has 0 aromatic carbocycles. The quantitative estimate of drug-likeness (QED) is 0.392. The number of amides is 3. The molecule has 232 valence electrons. The van der Waals surface area contributed by atoms with E-state index in [4.69, 9.17) is 26.1 Å². The Bertz CT molecular complexity index is 967. The number of nitrogens with one attached hydrogen (secondary N) is 1. The topological polar surface area (TPSA) is 83.5 Å². The van der Waals surface area contributed by atoms with E-state index < -0.39 is 6.17 Å². The second kappa shape index (κ2) is 13.8. The molecule has 0 aromatic rings. The Balaban J connectivity index is 1.56. The van der Waals surface area contributed by atoms with Crippen LogP contribution in [0.25, 0.3) is 0 Å². The number of amidine groups is 1. The van der Waals surface area contributed by atoms with Crippen LogP contribution >= 0.6 is 27.5 Å². The molecular weight excluding hydrogens is 615 g/mol. The van der Waals surface area contributed by atoms with Crippen molar-refractivity contribution in [3.05, 3.63) is 0 Å². The maximum Gasteiger partial charge on any atom is 0.326 e. The third-order valence-corrected chi connectivity index (χ3v) is 11.2. The number of carbonyl (C=O) groups is 2. The van der Waals surface area contributed by atoms with E-state index in [1.54, 1.807) is 12.0 Å². The lowest BCUT2D eigenvalue weighted by atomic mass is 9.73. The largest absolute Gasteiger partial charge is 0.381 e. The van der Waals surface area contributed by atoms with Crippen molar-refractivity contribution in [3.8, 4) is 0 Å². The number of hydrogen-bond acceptors (Lipinski definition) is 5. The monoisotopic (exact) mass is 660 g/mol. The fourth-order valence-electron chi connectivity index (χ4n) is 7.88. The average Bonchev–Trinajstić information content (AvgIpc) is 3.34. The Kier molecular flexibility index (Phi) is 10.6. The zero-order valence-electron chi connectivity index (χ0n) is 24.7. The number of hydrogen-bond donors (Lipinski definition) is 1. The van der Waals surface area contributed by atoms with Gasteiger partial charge in [-0.15, -0.1) is 11.6 Å². The minimum absolute atomic E-state index is 0.00312. The maximum absolute atomic E-state index is 15.8. The number of methoxy groups -OCH3 is 1. The molecule has 4 fully saturated rings. The zero-order chi connectivity index (χ0) is 29.3. The lowest BCUT2D eigenvalue weighted by Gasteiger charge is -2.45. The molecule has 0 aromatic heterocycles. The first-order chi connectivity index (χ1) is 19.7. The Morgan fingerprint density at radius 2 is 1.88 bits per heavy atom. The zero-order valence-corrected chi connectivity index (χ0v) is 27.0. The smallest absolute Gasteiger partial charge is 0.326 e. The highest BCUT2D eigenvalue weighted by molar-refractivity contribution is 9.09. The van der Waals surface area contributed by atoms with E-state index in [1.807, 2.05) is 18.7 Å². The minimum atomic E-state index is -0.964. The SMILES string of the molecule is COC1CCC(C2=NC(C3CC(Br)CCC3F)C(C3CCC(Cl)CC3)N2C(=O)N2CCNC(=O)C2)C(OC(C)C)C1. The van der Waals surface area contributed by atoms with Crippen LogP contribution in [-0.2, 0) is 14.3 Å². The van der Waals surface area contributed by atoms with Gasteiger partial charge in [-0.05, 0) is 77.6 Å². The summed E-state index contributed by atoms with van der Waals surface area (Å²) in [5.74, 6) is 0.362. The molecule has 0 bridgehead atoms.